The molecule has 1 saturated carbocycles. The van der Waals surface area contributed by atoms with Gasteiger partial charge < -0.3 is 14.4 Å². The number of piperazine rings is 1. The van der Waals surface area contributed by atoms with Crippen molar-refractivity contribution >= 4 is 22.4 Å². The molecule has 2 fully saturated rings. The zero-order chi connectivity index (χ0) is 23.3. The second-order valence-corrected chi connectivity index (χ2v) is 9.20. The smallest absolute Gasteiger partial charge is 0.391 e. The number of thiazole rings is 1. The van der Waals surface area contributed by atoms with Gasteiger partial charge in [-0.2, -0.15) is 22.0 Å². The zero-order valence-corrected chi connectivity index (χ0v) is 18.6. The summed E-state index contributed by atoms with van der Waals surface area (Å²) in [5.41, 5.74) is 0. The lowest BCUT2D eigenvalue weighted by atomic mass is 9.81. The third-order valence-corrected chi connectivity index (χ3v) is 7.04. The third-order valence-electron chi connectivity index (χ3n) is 6.02. The minimum Gasteiger partial charge on any atom is -0.462 e. The van der Waals surface area contributed by atoms with Crippen LogP contribution in [-0.4, -0.2) is 74.1 Å². The molecule has 0 radical (unpaired) electrons. The number of carbonyl (C=O) groups excluding carboxylic acids is 1. The molecule has 12 heteroatoms. The normalized spacial score (nSPS) is 25.3. The molecule has 182 valence electrons. The fraction of sp³-hybridized carbons (Fsp3) is 0.800. The van der Waals surface area contributed by atoms with E-state index in [0.717, 1.165) is 11.3 Å². The van der Waals surface area contributed by atoms with Gasteiger partial charge in [-0.1, -0.05) is 11.3 Å². The average Bonchev–Trinajstić information content (AvgIpc) is 3.22. The van der Waals surface area contributed by atoms with Gasteiger partial charge in [0, 0.05) is 26.2 Å². The quantitative estimate of drug-likeness (QED) is 0.402. The highest BCUT2D eigenvalue weighted by molar-refractivity contribution is 7.17. The van der Waals surface area contributed by atoms with Crippen LogP contribution in [0.3, 0.4) is 0 Å². The molecule has 0 aromatic carbocycles. The van der Waals surface area contributed by atoms with Gasteiger partial charge in [0.25, 0.3) is 0 Å². The van der Waals surface area contributed by atoms with Crippen LogP contribution in [0.25, 0.3) is 0 Å². The largest absolute Gasteiger partial charge is 0.462 e. The van der Waals surface area contributed by atoms with Gasteiger partial charge in [0.2, 0.25) is 0 Å². The average molecular weight is 486 g/mol. The van der Waals surface area contributed by atoms with E-state index in [1.54, 1.807) is 6.92 Å². The molecule has 2 aliphatic rings. The van der Waals surface area contributed by atoms with Crippen molar-refractivity contribution in [1.82, 2.24) is 9.88 Å². The van der Waals surface area contributed by atoms with E-state index in [0.29, 0.717) is 49.0 Å². The minimum absolute atomic E-state index is 0.141. The Bertz CT molecular complexity index is 740. The lowest BCUT2D eigenvalue weighted by Gasteiger charge is -2.43. The molecule has 0 amide bonds. The highest BCUT2D eigenvalue weighted by atomic mass is 32.1. The van der Waals surface area contributed by atoms with Gasteiger partial charge in [-0.05, 0) is 38.5 Å². The summed E-state index contributed by atoms with van der Waals surface area (Å²) in [4.78, 5) is 20.5. The molecular weight excluding hydrogens is 457 g/mol. The first kappa shape index (κ1) is 25.1. The first-order chi connectivity index (χ1) is 15.2. The van der Waals surface area contributed by atoms with Crippen molar-refractivity contribution in [3.05, 3.63) is 11.1 Å². The van der Waals surface area contributed by atoms with Gasteiger partial charge in [0.1, 0.15) is 4.88 Å². The topological polar surface area (TPSA) is 54.9 Å². The van der Waals surface area contributed by atoms with Crippen molar-refractivity contribution < 1.29 is 36.2 Å². The minimum atomic E-state index is -4.13. The van der Waals surface area contributed by atoms with Crippen LogP contribution in [0.2, 0.25) is 0 Å². The molecule has 2 heterocycles. The lowest BCUT2D eigenvalue weighted by Crippen LogP contribution is -2.56. The standard InChI is InChI=1S/C20H28F5N3O3S/c1-2-30-17(29)16-9-26-19(32-16)28-8-7-27(11-15(28)12-31-18(21)22)10-13-3-5-14(6-4-13)20(23,24)25/h9,13-15,18H,2-8,10-12H2,1H3/t13?,14?,15-/m0/s1. The Kier molecular flexibility index (Phi) is 8.68. The Morgan fingerprint density at radius 3 is 2.59 bits per heavy atom. The van der Waals surface area contributed by atoms with E-state index < -0.39 is 30.7 Å². The first-order valence-corrected chi connectivity index (χ1v) is 11.6. The first-order valence-electron chi connectivity index (χ1n) is 10.8. The Balaban J connectivity index is 1.60. The number of hydrogen-bond acceptors (Lipinski definition) is 7. The van der Waals surface area contributed by atoms with Gasteiger partial charge in [-0.3, -0.25) is 4.90 Å². The summed E-state index contributed by atoms with van der Waals surface area (Å²) in [6.45, 7) is 0.992. The number of ether oxygens (including phenoxy) is 2. The van der Waals surface area contributed by atoms with Gasteiger partial charge in [0.05, 0.1) is 31.4 Å². The van der Waals surface area contributed by atoms with E-state index in [1.165, 1.54) is 6.20 Å². The molecule has 1 aliphatic carbocycles. The molecule has 0 unspecified atom stereocenters. The van der Waals surface area contributed by atoms with Crippen molar-refractivity contribution in [3.8, 4) is 0 Å². The fourth-order valence-corrected chi connectivity index (χ4v) is 5.30. The maximum atomic E-state index is 12.9. The number of rotatable bonds is 8. The van der Waals surface area contributed by atoms with Crippen LogP contribution in [-0.2, 0) is 9.47 Å². The van der Waals surface area contributed by atoms with Crippen molar-refractivity contribution in [2.75, 3.05) is 44.3 Å². The summed E-state index contributed by atoms with van der Waals surface area (Å²) in [5, 5.41) is 0.529. The Morgan fingerprint density at radius 2 is 1.97 bits per heavy atom. The van der Waals surface area contributed by atoms with E-state index in [9.17, 15) is 26.7 Å². The highest BCUT2D eigenvalue weighted by Crippen LogP contribution is 2.40. The number of halogens is 5. The number of nitrogens with zero attached hydrogens (tertiary/aromatic N) is 3. The van der Waals surface area contributed by atoms with Crippen LogP contribution >= 0.6 is 11.3 Å². The summed E-state index contributed by atoms with van der Waals surface area (Å²) in [6.07, 6.45) is -1.42. The Hall–Kier alpha value is -1.53. The molecular formula is C20H28F5N3O3S. The van der Waals surface area contributed by atoms with Crippen molar-refractivity contribution in [1.29, 1.82) is 0 Å². The van der Waals surface area contributed by atoms with Crippen LogP contribution < -0.4 is 4.90 Å². The molecule has 32 heavy (non-hydrogen) atoms. The molecule has 1 aliphatic heterocycles. The molecule has 1 atom stereocenters. The molecule has 0 spiro atoms. The summed E-state index contributed by atoms with van der Waals surface area (Å²) in [6, 6.07) is -0.412. The summed E-state index contributed by atoms with van der Waals surface area (Å²) < 4.78 is 73.6. The Labute approximate surface area is 187 Å². The van der Waals surface area contributed by atoms with Gasteiger partial charge in [-0.25, -0.2) is 9.78 Å². The van der Waals surface area contributed by atoms with E-state index in [4.69, 9.17) is 4.74 Å². The fourth-order valence-electron chi connectivity index (χ4n) is 4.40. The van der Waals surface area contributed by atoms with Gasteiger partial charge >= 0.3 is 18.8 Å². The lowest BCUT2D eigenvalue weighted by molar-refractivity contribution is -0.184. The molecule has 3 rings (SSSR count). The summed E-state index contributed by atoms with van der Waals surface area (Å²) in [7, 11) is 0. The van der Waals surface area contributed by atoms with Gasteiger partial charge in [0.15, 0.2) is 5.13 Å². The zero-order valence-electron chi connectivity index (χ0n) is 17.8. The maximum Gasteiger partial charge on any atom is 0.391 e. The van der Waals surface area contributed by atoms with Crippen molar-refractivity contribution in [2.24, 2.45) is 11.8 Å². The van der Waals surface area contributed by atoms with Crippen molar-refractivity contribution in [3.63, 3.8) is 0 Å². The molecule has 6 nitrogen and oxygen atoms in total. The van der Waals surface area contributed by atoms with Gasteiger partial charge in [-0.15, -0.1) is 0 Å². The maximum absolute atomic E-state index is 12.9. The number of hydrogen-bond donors (Lipinski definition) is 0. The molecule has 0 N–H and O–H groups in total. The predicted octanol–water partition coefficient (Wildman–Crippen LogP) is 4.42. The van der Waals surface area contributed by atoms with Crippen LogP contribution in [0.5, 0.6) is 0 Å². The highest BCUT2D eigenvalue weighted by Gasteiger charge is 2.42. The third kappa shape index (κ3) is 6.74. The SMILES string of the molecule is CCOC(=O)c1cnc(N2CCN(CC3CCC(C(F)(F)F)CC3)C[C@H]2COC(F)F)s1. The second kappa shape index (κ2) is 11.1. The number of alkyl halides is 5. The van der Waals surface area contributed by atoms with E-state index in [2.05, 4.69) is 14.6 Å². The van der Waals surface area contributed by atoms with Crippen LogP contribution in [0, 0.1) is 11.8 Å². The van der Waals surface area contributed by atoms with Crippen LogP contribution in [0.4, 0.5) is 27.1 Å². The van der Waals surface area contributed by atoms with Crippen LogP contribution in [0.15, 0.2) is 6.20 Å². The number of esters is 1. The molecule has 1 saturated heterocycles. The summed E-state index contributed by atoms with van der Waals surface area (Å²) in [5.74, 6) is -1.54. The Morgan fingerprint density at radius 1 is 1.25 bits per heavy atom. The number of carbonyl (C=O) groups is 1. The summed E-state index contributed by atoms with van der Waals surface area (Å²) >= 11 is 1.14. The molecule has 1 aromatic rings. The second-order valence-electron chi connectivity index (χ2n) is 8.19. The number of anilines is 1. The predicted molar refractivity (Wildman–Crippen MR) is 109 cm³/mol. The van der Waals surface area contributed by atoms with E-state index in [-0.39, 0.29) is 32.0 Å². The number of aromatic nitrogens is 1. The van der Waals surface area contributed by atoms with Crippen LogP contribution in [0.1, 0.15) is 42.3 Å². The van der Waals surface area contributed by atoms with Crippen molar-refractivity contribution in [2.45, 2.75) is 51.4 Å². The monoisotopic (exact) mass is 485 g/mol. The van der Waals surface area contributed by atoms with E-state index in [1.807, 2.05) is 4.90 Å². The molecule has 0 bridgehead atoms. The van der Waals surface area contributed by atoms with E-state index >= 15 is 0 Å². The molecule has 1 aromatic heterocycles.